The fourth-order valence-electron chi connectivity index (χ4n) is 4.27. The van der Waals surface area contributed by atoms with Gasteiger partial charge in [0.1, 0.15) is 17.6 Å². The molecule has 1 aliphatic rings. The number of amides is 2. The van der Waals surface area contributed by atoms with Gasteiger partial charge in [0.05, 0.1) is 12.8 Å². The van der Waals surface area contributed by atoms with Crippen LogP contribution in [0.1, 0.15) is 34.8 Å². The SMILES string of the molecule is COc1ccc(C)cc1NC(=O)C(C)N1CCCc2c(NC(=O)c3ccc(F)cc3)cccc21. The molecule has 0 aromatic heterocycles. The third-order valence-corrected chi connectivity index (χ3v) is 6.10. The number of aryl methyl sites for hydroxylation is 1. The zero-order valence-electron chi connectivity index (χ0n) is 19.5. The standard InChI is InChI=1S/C27H28FN3O3/c1-17-9-14-25(34-3)23(16-17)30-26(32)18(2)31-15-5-6-21-22(7-4-8-24(21)31)29-27(33)19-10-12-20(28)13-11-19/h4,7-14,16,18H,5-6,15H2,1-3H3,(H,29,33)(H,30,32). The molecule has 2 amide bonds. The first kappa shape index (κ1) is 23.3. The molecular formula is C27H28FN3O3. The summed E-state index contributed by atoms with van der Waals surface area (Å²) in [7, 11) is 1.58. The van der Waals surface area contributed by atoms with Crippen molar-refractivity contribution in [3.05, 3.63) is 83.2 Å². The number of ether oxygens (including phenoxy) is 1. The van der Waals surface area contributed by atoms with Gasteiger partial charge in [-0.3, -0.25) is 9.59 Å². The Labute approximate surface area is 198 Å². The van der Waals surface area contributed by atoms with Crippen LogP contribution in [0.2, 0.25) is 0 Å². The van der Waals surface area contributed by atoms with Gasteiger partial charge in [0, 0.05) is 23.5 Å². The number of halogens is 1. The third-order valence-electron chi connectivity index (χ3n) is 6.10. The number of carbonyl (C=O) groups is 2. The van der Waals surface area contributed by atoms with Crippen molar-refractivity contribution >= 4 is 28.9 Å². The van der Waals surface area contributed by atoms with E-state index in [4.69, 9.17) is 4.74 Å². The molecule has 0 radical (unpaired) electrons. The molecule has 4 rings (SSSR count). The summed E-state index contributed by atoms with van der Waals surface area (Å²) in [6, 6.07) is 16.3. The van der Waals surface area contributed by atoms with E-state index in [1.165, 1.54) is 24.3 Å². The van der Waals surface area contributed by atoms with Gasteiger partial charge in [0.15, 0.2) is 0 Å². The van der Waals surface area contributed by atoms with E-state index < -0.39 is 6.04 Å². The second kappa shape index (κ2) is 9.95. The highest BCUT2D eigenvalue weighted by atomic mass is 19.1. The zero-order valence-corrected chi connectivity index (χ0v) is 19.5. The first-order valence-electron chi connectivity index (χ1n) is 11.3. The number of benzene rings is 3. The highest BCUT2D eigenvalue weighted by Crippen LogP contribution is 2.35. The molecule has 1 unspecified atom stereocenters. The Bertz CT molecular complexity index is 1210. The molecule has 3 aromatic carbocycles. The fourth-order valence-corrected chi connectivity index (χ4v) is 4.27. The van der Waals surface area contributed by atoms with Crippen LogP contribution in [0.4, 0.5) is 21.5 Å². The van der Waals surface area contributed by atoms with Gasteiger partial charge in [-0.1, -0.05) is 12.1 Å². The predicted octanol–water partition coefficient (Wildman–Crippen LogP) is 5.17. The van der Waals surface area contributed by atoms with Gasteiger partial charge in [-0.15, -0.1) is 0 Å². The maximum Gasteiger partial charge on any atom is 0.255 e. The number of carbonyl (C=O) groups excluding carboxylic acids is 2. The van der Waals surface area contributed by atoms with E-state index >= 15 is 0 Å². The first-order valence-corrected chi connectivity index (χ1v) is 11.3. The lowest BCUT2D eigenvalue weighted by atomic mass is 9.97. The van der Waals surface area contributed by atoms with Crippen molar-refractivity contribution in [1.82, 2.24) is 0 Å². The Morgan fingerprint density at radius 3 is 2.53 bits per heavy atom. The summed E-state index contributed by atoms with van der Waals surface area (Å²) in [6.07, 6.45) is 1.63. The second-order valence-corrected chi connectivity index (χ2v) is 8.43. The van der Waals surface area contributed by atoms with Gasteiger partial charge in [-0.2, -0.15) is 0 Å². The van der Waals surface area contributed by atoms with Crippen molar-refractivity contribution in [3.8, 4) is 5.75 Å². The lowest BCUT2D eigenvalue weighted by Gasteiger charge is -2.36. The van der Waals surface area contributed by atoms with Gasteiger partial charge in [-0.25, -0.2) is 4.39 Å². The topological polar surface area (TPSA) is 70.7 Å². The summed E-state index contributed by atoms with van der Waals surface area (Å²) < 4.78 is 18.6. The fraction of sp³-hybridized carbons (Fsp3) is 0.259. The Morgan fingerprint density at radius 2 is 1.79 bits per heavy atom. The van der Waals surface area contributed by atoms with Crippen LogP contribution in [-0.4, -0.2) is 31.5 Å². The maximum absolute atomic E-state index is 13.2. The Hall–Kier alpha value is -3.87. The smallest absolute Gasteiger partial charge is 0.255 e. The van der Waals surface area contributed by atoms with E-state index in [0.717, 1.165) is 36.2 Å². The zero-order chi connectivity index (χ0) is 24.2. The molecule has 0 saturated carbocycles. The predicted molar refractivity (Wildman–Crippen MR) is 132 cm³/mol. The number of fused-ring (bicyclic) bond motifs is 1. The number of anilines is 3. The molecule has 34 heavy (non-hydrogen) atoms. The monoisotopic (exact) mass is 461 g/mol. The summed E-state index contributed by atoms with van der Waals surface area (Å²) in [5, 5.41) is 5.95. The van der Waals surface area contributed by atoms with Crippen LogP contribution >= 0.6 is 0 Å². The molecule has 2 N–H and O–H groups in total. The van der Waals surface area contributed by atoms with Crippen LogP contribution in [0.5, 0.6) is 5.75 Å². The van der Waals surface area contributed by atoms with Crippen LogP contribution in [0, 0.1) is 12.7 Å². The van der Waals surface area contributed by atoms with Crippen molar-refractivity contribution in [1.29, 1.82) is 0 Å². The average Bonchev–Trinajstić information content (AvgIpc) is 2.84. The molecule has 1 aliphatic heterocycles. The largest absolute Gasteiger partial charge is 0.495 e. The van der Waals surface area contributed by atoms with Gasteiger partial charge < -0.3 is 20.3 Å². The van der Waals surface area contributed by atoms with Gasteiger partial charge in [0.25, 0.3) is 5.91 Å². The van der Waals surface area contributed by atoms with E-state index in [2.05, 4.69) is 15.5 Å². The molecule has 0 spiro atoms. The van der Waals surface area contributed by atoms with Crippen LogP contribution in [-0.2, 0) is 11.2 Å². The number of hydrogen-bond acceptors (Lipinski definition) is 4. The van der Waals surface area contributed by atoms with Crippen molar-refractivity contribution in [2.24, 2.45) is 0 Å². The lowest BCUT2D eigenvalue weighted by Crippen LogP contribution is -2.45. The molecule has 6 nitrogen and oxygen atoms in total. The highest BCUT2D eigenvalue weighted by Gasteiger charge is 2.28. The lowest BCUT2D eigenvalue weighted by molar-refractivity contribution is -0.117. The quantitative estimate of drug-likeness (QED) is 0.531. The van der Waals surface area contributed by atoms with E-state index in [9.17, 15) is 14.0 Å². The maximum atomic E-state index is 13.2. The molecule has 0 bridgehead atoms. The minimum absolute atomic E-state index is 0.141. The van der Waals surface area contributed by atoms with E-state index in [1.807, 2.05) is 50.2 Å². The van der Waals surface area contributed by atoms with E-state index in [1.54, 1.807) is 7.11 Å². The number of rotatable bonds is 6. The van der Waals surface area contributed by atoms with Crippen molar-refractivity contribution in [2.75, 3.05) is 29.2 Å². The summed E-state index contributed by atoms with van der Waals surface area (Å²) >= 11 is 0. The number of methoxy groups -OCH3 is 1. The van der Waals surface area contributed by atoms with Crippen molar-refractivity contribution < 1.29 is 18.7 Å². The summed E-state index contributed by atoms with van der Waals surface area (Å²) in [5.74, 6) is -0.226. The number of nitrogens with one attached hydrogen (secondary N) is 2. The highest BCUT2D eigenvalue weighted by molar-refractivity contribution is 6.05. The molecule has 1 atom stereocenters. The molecular weight excluding hydrogens is 433 g/mol. The van der Waals surface area contributed by atoms with Crippen LogP contribution < -0.4 is 20.3 Å². The molecule has 7 heteroatoms. The summed E-state index contributed by atoms with van der Waals surface area (Å²) in [6.45, 7) is 4.56. The van der Waals surface area contributed by atoms with Crippen LogP contribution in [0.15, 0.2) is 60.7 Å². The number of nitrogens with zero attached hydrogens (tertiary/aromatic N) is 1. The molecule has 0 fully saturated rings. The van der Waals surface area contributed by atoms with Gasteiger partial charge >= 0.3 is 0 Å². The Balaban J connectivity index is 1.55. The van der Waals surface area contributed by atoms with Crippen LogP contribution in [0.25, 0.3) is 0 Å². The Kier molecular flexibility index (Phi) is 6.82. The van der Waals surface area contributed by atoms with Crippen molar-refractivity contribution in [2.45, 2.75) is 32.7 Å². The first-order chi connectivity index (χ1) is 16.4. The van der Waals surface area contributed by atoms with Gasteiger partial charge in [-0.05, 0) is 86.3 Å². The van der Waals surface area contributed by atoms with E-state index in [-0.39, 0.29) is 17.6 Å². The van der Waals surface area contributed by atoms with Crippen molar-refractivity contribution in [3.63, 3.8) is 0 Å². The molecule has 0 aliphatic carbocycles. The van der Waals surface area contributed by atoms with Crippen LogP contribution in [0.3, 0.4) is 0 Å². The summed E-state index contributed by atoms with van der Waals surface area (Å²) in [5.41, 5.74) is 4.64. The average molecular weight is 462 g/mol. The molecule has 176 valence electrons. The third kappa shape index (κ3) is 4.88. The minimum Gasteiger partial charge on any atom is -0.495 e. The Morgan fingerprint density at radius 1 is 1.03 bits per heavy atom. The second-order valence-electron chi connectivity index (χ2n) is 8.43. The van der Waals surface area contributed by atoms with Gasteiger partial charge in [0.2, 0.25) is 5.91 Å². The molecule has 0 saturated heterocycles. The normalized spacial score (nSPS) is 13.6. The summed E-state index contributed by atoms with van der Waals surface area (Å²) in [4.78, 5) is 27.9. The van der Waals surface area contributed by atoms with E-state index in [0.29, 0.717) is 22.7 Å². The minimum atomic E-state index is -0.438. The molecule has 1 heterocycles. The molecule has 3 aromatic rings. The number of hydrogen-bond donors (Lipinski definition) is 2.